The Morgan fingerprint density at radius 2 is 1.93 bits per heavy atom. The van der Waals surface area contributed by atoms with Gasteiger partial charge in [-0.25, -0.2) is 0 Å². The molecule has 78 valence electrons. The summed E-state index contributed by atoms with van der Waals surface area (Å²) in [6.45, 7) is 0. The Bertz CT molecular complexity index is 325. The second kappa shape index (κ2) is 4.00. The van der Waals surface area contributed by atoms with Crippen molar-refractivity contribution in [1.29, 1.82) is 0 Å². The monoisotopic (exact) mass is 224 g/mol. The van der Waals surface area contributed by atoms with Gasteiger partial charge < -0.3 is 9.47 Å². The number of rotatable bonds is 2. The van der Waals surface area contributed by atoms with E-state index < -0.39 is 6.36 Å². The zero-order chi connectivity index (χ0) is 10.8. The molecule has 0 radical (unpaired) electrons. The number of thiol groups is 1. The fourth-order valence-corrected chi connectivity index (χ4v) is 1.09. The van der Waals surface area contributed by atoms with Crippen molar-refractivity contribution in [2.45, 2.75) is 11.3 Å². The van der Waals surface area contributed by atoms with Crippen molar-refractivity contribution in [2.75, 3.05) is 7.11 Å². The SMILES string of the molecule is COc1cc(OC(F)(F)F)ccc1S. The number of ether oxygens (including phenoxy) is 2. The lowest BCUT2D eigenvalue weighted by atomic mass is 10.3. The Kier molecular flexibility index (Phi) is 3.15. The molecule has 1 aromatic carbocycles. The largest absolute Gasteiger partial charge is 0.573 e. The van der Waals surface area contributed by atoms with Gasteiger partial charge in [0.25, 0.3) is 0 Å². The van der Waals surface area contributed by atoms with Gasteiger partial charge in [-0.3, -0.25) is 0 Å². The van der Waals surface area contributed by atoms with E-state index in [4.69, 9.17) is 4.74 Å². The molecule has 2 nitrogen and oxygen atoms in total. The second-order valence-electron chi connectivity index (χ2n) is 2.38. The predicted octanol–water partition coefficient (Wildman–Crippen LogP) is 2.88. The summed E-state index contributed by atoms with van der Waals surface area (Å²) in [4.78, 5) is 0.446. The average molecular weight is 224 g/mol. The van der Waals surface area contributed by atoms with Crippen molar-refractivity contribution in [1.82, 2.24) is 0 Å². The first-order valence-corrected chi connectivity index (χ1v) is 4.00. The third-order valence-electron chi connectivity index (χ3n) is 1.38. The maximum Gasteiger partial charge on any atom is 0.573 e. The predicted molar refractivity (Wildman–Crippen MR) is 46.9 cm³/mol. The Balaban J connectivity index is 2.90. The van der Waals surface area contributed by atoms with Gasteiger partial charge in [-0.05, 0) is 12.1 Å². The molecule has 0 aliphatic carbocycles. The van der Waals surface area contributed by atoms with Crippen LogP contribution < -0.4 is 9.47 Å². The lowest BCUT2D eigenvalue weighted by molar-refractivity contribution is -0.274. The summed E-state index contributed by atoms with van der Waals surface area (Å²) in [5.41, 5.74) is 0. The summed E-state index contributed by atoms with van der Waals surface area (Å²) in [5.74, 6) is -0.0952. The molecular weight excluding hydrogens is 217 g/mol. The molecule has 14 heavy (non-hydrogen) atoms. The number of halogens is 3. The Labute approximate surface area is 84.0 Å². The van der Waals surface area contributed by atoms with Crippen LogP contribution in [0.5, 0.6) is 11.5 Å². The Hall–Kier alpha value is -1.04. The van der Waals surface area contributed by atoms with E-state index in [-0.39, 0.29) is 11.5 Å². The van der Waals surface area contributed by atoms with E-state index in [1.807, 2.05) is 0 Å². The molecule has 0 heterocycles. The van der Waals surface area contributed by atoms with Crippen LogP contribution in [0.3, 0.4) is 0 Å². The number of methoxy groups -OCH3 is 1. The fraction of sp³-hybridized carbons (Fsp3) is 0.250. The van der Waals surface area contributed by atoms with Crippen LogP contribution in [0.2, 0.25) is 0 Å². The summed E-state index contributed by atoms with van der Waals surface area (Å²) in [6.07, 6.45) is -4.69. The van der Waals surface area contributed by atoms with Gasteiger partial charge in [-0.2, -0.15) is 0 Å². The van der Waals surface area contributed by atoms with Gasteiger partial charge in [0, 0.05) is 11.0 Å². The number of alkyl halides is 3. The van der Waals surface area contributed by atoms with Crippen molar-refractivity contribution in [2.24, 2.45) is 0 Å². The quantitative estimate of drug-likeness (QED) is 0.778. The van der Waals surface area contributed by atoms with Gasteiger partial charge in [-0.1, -0.05) is 0 Å². The maximum absolute atomic E-state index is 11.8. The van der Waals surface area contributed by atoms with Crippen LogP contribution in [0.25, 0.3) is 0 Å². The highest BCUT2D eigenvalue weighted by atomic mass is 32.1. The van der Waals surface area contributed by atoms with Crippen molar-refractivity contribution in [3.05, 3.63) is 18.2 Å². The highest BCUT2D eigenvalue weighted by molar-refractivity contribution is 7.80. The summed E-state index contributed by atoms with van der Waals surface area (Å²) < 4.78 is 43.8. The van der Waals surface area contributed by atoms with Crippen molar-refractivity contribution >= 4 is 12.6 Å². The minimum atomic E-state index is -4.69. The zero-order valence-corrected chi connectivity index (χ0v) is 8.02. The van der Waals surface area contributed by atoms with Crippen LogP contribution in [-0.4, -0.2) is 13.5 Å². The average Bonchev–Trinajstić information content (AvgIpc) is 2.06. The molecule has 0 aliphatic heterocycles. The molecule has 0 spiro atoms. The van der Waals surface area contributed by atoms with Gasteiger partial charge in [0.05, 0.1) is 7.11 Å². The van der Waals surface area contributed by atoms with E-state index in [1.165, 1.54) is 19.2 Å². The molecule has 1 rings (SSSR count). The molecule has 0 fully saturated rings. The molecule has 0 bridgehead atoms. The van der Waals surface area contributed by atoms with Crippen LogP contribution in [0.1, 0.15) is 0 Å². The first-order valence-electron chi connectivity index (χ1n) is 3.55. The fourth-order valence-electron chi connectivity index (χ4n) is 0.855. The lowest BCUT2D eigenvalue weighted by Crippen LogP contribution is -2.17. The normalized spacial score (nSPS) is 11.2. The first kappa shape index (κ1) is 11.0. The molecule has 0 N–H and O–H groups in total. The van der Waals surface area contributed by atoms with Crippen molar-refractivity contribution in [3.8, 4) is 11.5 Å². The van der Waals surface area contributed by atoms with Crippen LogP contribution in [0.15, 0.2) is 23.1 Å². The first-order chi connectivity index (χ1) is 6.42. The molecule has 0 saturated carbocycles. The standard InChI is InChI=1S/C8H7F3O2S/c1-12-6-4-5(2-3-7(6)14)13-8(9,10)11/h2-4,14H,1H3. The van der Waals surface area contributed by atoms with E-state index in [2.05, 4.69) is 17.4 Å². The van der Waals surface area contributed by atoms with Crippen LogP contribution >= 0.6 is 12.6 Å². The van der Waals surface area contributed by atoms with Crippen LogP contribution in [-0.2, 0) is 0 Å². The van der Waals surface area contributed by atoms with E-state index >= 15 is 0 Å². The van der Waals surface area contributed by atoms with Gasteiger partial charge in [0.15, 0.2) is 0 Å². The minimum Gasteiger partial charge on any atom is -0.495 e. The summed E-state index contributed by atoms with van der Waals surface area (Å²) in [7, 11) is 1.34. The van der Waals surface area contributed by atoms with E-state index in [9.17, 15) is 13.2 Å². The second-order valence-corrected chi connectivity index (χ2v) is 2.86. The lowest BCUT2D eigenvalue weighted by Gasteiger charge is -2.10. The van der Waals surface area contributed by atoms with Crippen LogP contribution in [0.4, 0.5) is 13.2 Å². The molecule has 0 saturated heterocycles. The number of hydrogen-bond donors (Lipinski definition) is 1. The minimum absolute atomic E-state index is 0.232. The van der Waals surface area contributed by atoms with E-state index in [0.29, 0.717) is 4.90 Å². The highest BCUT2D eigenvalue weighted by Crippen LogP contribution is 2.30. The van der Waals surface area contributed by atoms with Crippen molar-refractivity contribution in [3.63, 3.8) is 0 Å². The third kappa shape index (κ3) is 3.02. The molecule has 0 atom stereocenters. The number of hydrogen-bond acceptors (Lipinski definition) is 3. The van der Waals surface area contributed by atoms with Gasteiger partial charge >= 0.3 is 6.36 Å². The Morgan fingerprint density at radius 3 is 2.43 bits per heavy atom. The van der Waals surface area contributed by atoms with E-state index in [1.54, 1.807) is 0 Å². The number of benzene rings is 1. The summed E-state index contributed by atoms with van der Waals surface area (Å²) >= 11 is 3.97. The van der Waals surface area contributed by atoms with E-state index in [0.717, 1.165) is 6.07 Å². The summed E-state index contributed by atoms with van der Waals surface area (Å²) in [5, 5.41) is 0. The molecule has 6 heteroatoms. The van der Waals surface area contributed by atoms with Gasteiger partial charge in [-0.15, -0.1) is 25.8 Å². The molecule has 0 amide bonds. The topological polar surface area (TPSA) is 18.5 Å². The molecule has 1 aromatic rings. The smallest absolute Gasteiger partial charge is 0.495 e. The molecular formula is C8H7F3O2S. The Morgan fingerprint density at radius 1 is 1.29 bits per heavy atom. The van der Waals surface area contributed by atoms with Crippen molar-refractivity contribution < 1.29 is 22.6 Å². The van der Waals surface area contributed by atoms with Gasteiger partial charge in [0.2, 0.25) is 0 Å². The zero-order valence-electron chi connectivity index (χ0n) is 7.13. The molecule has 0 unspecified atom stereocenters. The van der Waals surface area contributed by atoms with Gasteiger partial charge in [0.1, 0.15) is 11.5 Å². The summed E-state index contributed by atoms with van der Waals surface area (Å²) in [6, 6.07) is 3.65. The van der Waals surface area contributed by atoms with Crippen LogP contribution in [0, 0.1) is 0 Å². The molecule has 0 aliphatic rings. The molecule has 0 aromatic heterocycles. The highest BCUT2D eigenvalue weighted by Gasteiger charge is 2.31. The maximum atomic E-state index is 11.8. The third-order valence-corrected chi connectivity index (χ3v) is 1.75.